The maximum absolute atomic E-state index is 10.6. The molecular weight excluding hydrogens is 162 g/mol. The Morgan fingerprint density at radius 2 is 2.17 bits per heavy atom. The van der Waals surface area contributed by atoms with Crippen molar-refractivity contribution in [2.45, 2.75) is 6.92 Å². The molecule has 0 aliphatic carbocycles. The van der Waals surface area contributed by atoms with E-state index in [1.54, 1.807) is 25.1 Å². The zero-order chi connectivity index (χ0) is 9.14. The highest BCUT2D eigenvalue weighted by Gasteiger charge is 2.09. The minimum Gasteiger partial charge on any atom is -0.496 e. The summed E-state index contributed by atoms with van der Waals surface area (Å²) in [6, 6.07) is 4.96. The lowest BCUT2D eigenvalue weighted by atomic mass is 10.8. The first-order valence-corrected chi connectivity index (χ1v) is 3.53. The van der Waals surface area contributed by atoms with Crippen LogP contribution in [0.15, 0.2) is 18.2 Å². The lowest BCUT2D eigenvalue weighted by Crippen LogP contribution is -2.00. The molecule has 0 bridgehead atoms. The number of methoxy groups -OCH3 is 1. The second kappa shape index (κ2) is 3.26. The Kier molecular flexibility index (Phi) is 2.33. The van der Waals surface area contributed by atoms with E-state index in [2.05, 4.69) is 0 Å². The zero-order valence-electron chi connectivity index (χ0n) is 7.00. The molecule has 1 N–H and O–H groups in total. The van der Waals surface area contributed by atoms with Gasteiger partial charge in [0.2, 0.25) is 0 Å². The van der Waals surface area contributed by atoms with Gasteiger partial charge in [-0.1, -0.05) is 6.07 Å². The van der Waals surface area contributed by atoms with Gasteiger partial charge in [-0.2, -0.15) is 0 Å². The van der Waals surface area contributed by atoms with Crippen molar-refractivity contribution in [3.8, 4) is 5.75 Å². The molecule has 1 aromatic carbocycles. The summed E-state index contributed by atoms with van der Waals surface area (Å²) in [6.45, 7) is 1.72. The molecule has 0 amide bonds. The monoisotopic (exact) mass is 172 g/mol. The summed E-state index contributed by atoms with van der Waals surface area (Å²) in [7, 11) is 1.52. The Hall–Kier alpha value is -1.51. The van der Waals surface area contributed by atoms with Gasteiger partial charge in [0.1, 0.15) is 5.75 Å². The molecule has 0 aliphatic heterocycles. The van der Waals surface area contributed by atoms with Gasteiger partial charge < -0.3 is 9.84 Å². The van der Waals surface area contributed by atoms with E-state index in [1.165, 1.54) is 7.11 Å². The number of aromatic carboxylic acids is 1. The van der Waals surface area contributed by atoms with E-state index < -0.39 is 5.97 Å². The largest absolute Gasteiger partial charge is 0.496 e. The Balaban J connectivity index is 3.23. The first kappa shape index (κ1) is 8.59. The number of carbonyl (C=O) groups is 1. The highest BCUT2D eigenvalue weighted by atomic mass is 16.5. The van der Waals surface area contributed by atoms with E-state index in [0.29, 0.717) is 11.3 Å². The minimum absolute atomic E-state index is 0.286. The molecule has 1 rings (SSSR count). The molecule has 0 saturated carbocycles. The zero-order valence-corrected chi connectivity index (χ0v) is 7.00. The third-order valence-corrected chi connectivity index (χ3v) is 1.73. The Morgan fingerprint density at radius 3 is 2.67 bits per heavy atom. The van der Waals surface area contributed by atoms with Crippen LogP contribution in [0.2, 0.25) is 0 Å². The number of ether oxygens (including phenoxy) is 1. The van der Waals surface area contributed by atoms with Crippen molar-refractivity contribution in [2.75, 3.05) is 7.11 Å². The van der Waals surface area contributed by atoms with Crippen molar-refractivity contribution in [1.82, 2.24) is 0 Å². The summed E-state index contributed by atoms with van der Waals surface area (Å²) >= 11 is 0. The average Bonchev–Trinajstić information content (AvgIpc) is 2.04. The molecule has 0 heterocycles. The minimum atomic E-state index is -0.925. The van der Waals surface area contributed by atoms with E-state index in [4.69, 9.17) is 9.84 Å². The summed E-state index contributed by atoms with van der Waals surface area (Å²) < 4.78 is 4.97. The summed E-state index contributed by atoms with van der Waals surface area (Å²) in [4.78, 5) is 10.6. The summed E-state index contributed by atoms with van der Waals surface area (Å²) in [5.74, 6) is -0.318. The van der Waals surface area contributed by atoms with E-state index in [9.17, 15) is 4.79 Å². The average molecular weight is 172 g/mol. The molecule has 0 aromatic heterocycles. The Labute approximate surface area is 70.6 Å². The van der Waals surface area contributed by atoms with Gasteiger partial charge in [-0.15, -0.1) is 0 Å². The number of rotatable bonds is 2. The van der Waals surface area contributed by atoms with E-state index in [-0.39, 0.29) is 5.56 Å². The van der Waals surface area contributed by atoms with Crippen LogP contribution in [0.1, 0.15) is 15.9 Å². The van der Waals surface area contributed by atoms with Crippen LogP contribution < -0.4 is 4.74 Å². The van der Waals surface area contributed by atoms with Crippen molar-refractivity contribution in [3.63, 3.8) is 0 Å². The second-order valence-corrected chi connectivity index (χ2v) is 2.44. The molecular formula is C9H10O3. The highest BCUT2D eigenvalue weighted by Crippen LogP contribution is 2.20. The van der Waals surface area contributed by atoms with E-state index >= 15 is 0 Å². The molecule has 0 fully saturated rings. The van der Waals surface area contributed by atoms with Crippen molar-refractivity contribution < 1.29 is 14.6 Å². The predicted molar refractivity (Wildman–Crippen MR) is 44.7 cm³/mol. The Bertz CT molecular complexity index is 305. The molecule has 12 heavy (non-hydrogen) atoms. The number of carboxylic acids is 1. The van der Waals surface area contributed by atoms with Gasteiger partial charge in [0, 0.05) is 5.56 Å². The van der Waals surface area contributed by atoms with Gasteiger partial charge in [-0.05, 0) is 19.1 Å². The molecule has 0 spiro atoms. The number of carboxylic acid groups (broad SMARTS) is 1. The third-order valence-electron chi connectivity index (χ3n) is 1.73. The molecule has 0 radical (unpaired) electrons. The number of hydrogen-bond donors (Lipinski definition) is 1. The van der Waals surface area contributed by atoms with Crippen LogP contribution >= 0.6 is 0 Å². The first-order valence-electron chi connectivity index (χ1n) is 3.53. The fourth-order valence-electron chi connectivity index (χ4n) is 1.07. The normalized spacial score (nSPS) is 9.50. The molecule has 3 heteroatoms. The van der Waals surface area contributed by atoms with Gasteiger partial charge >= 0.3 is 5.97 Å². The highest BCUT2D eigenvalue weighted by molar-refractivity contribution is 5.90. The van der Waals surface area contributed by atoms with E-state index in [1.807, 2.05) is 0 Å². The molecule has 1 aromatic rings. The Morgan fingerprint density at radius 1 is 1.50 bits per heavy atom. The molecule has 3 nitrogen and oxygen atoms in total. The van der Waals surface area contributed by atoms with Gasteiger partial charge in [0.25, 0.3) is 0 Å². The molecule has 0 unspecified atom stereocenters. The predicted octanol–water partition coefficient (Wildman–Crippen LogP) is 1.70. The SMILES string of the molecule is CO[13c]1[13cH][13cH][13cH][13c](C(=O)O)[13c]1C. The molecule has 0 atom stereocenters. The second-order valence-electron chi connectivity index (χ2n) is 2.44. The van der Waals surface area contributed by atoms with Crippen molar-refractivity contribution >= 4 is 5.97 Å². The van der Waals surface area contributed by atoms with Gasteiger partial charge in [0.15, 0.2) is 0 Å². The van der Waals surface area contributed by atoms with Gasteiger partial charge in [-0.25, -0.2) is 4.79 Å². The summed E-state index contributed by atoms with van der Waals surface area (Å²) in [5, 5.41) is 8.73. The lowest BCUT2D eigenvalue weighted by Gasteiger charge is -2.05. The smallest absolute Gasteiger partial charge is 0.336 e. The van der Waals surface area contributed by atoms with Crippen molar-refractivity contribution in [1.29, 1.82) is 0 Å². The molecule has 0 saturated heterocycles. The van der Waals surface area contributed by atoms with Crippen molar-refractivity contribution in [3.05, 3.63) is 29.3 Å². The van der Waals surface area contributed by atoms with Crippen LogP contribution in [-0.2, 0) is 0 Å². The van der Waals surface area contributed by atoms with Crippen LogP contribution in [0.5, 0.6) is 5.75 Å². The third kappa shape index (κ3) is 1.39. The van der Waals surface area contributed by atoms with Crippen LogP contribution in [0, 0.1) is 6.92 Å². The first-order chi connectivity index (χ1) is 5.66. The fourth-order valence-corrected chi connectivity index (χ4v) is 1.07. The quantitative estimate of drug-likeness (QED) is 0.738. The number of hydrogen-bond acceptors (Lipinski definition) is 2. The lowest BCUT2D eigenvalue weighted by molar-refractivity contribution is 0.0695. The van der Waals surface area contributed by atoms with Crippen LogP contribution in [-0.4, -0.2) is 18.2 Å². The maximum Gasteiger partial charge on any atom is 0.336 e. The van der Waals surface area contributed by atoms with Crippen molar-refractivity contribution in [2.24, 2.45) is 0 Å². The topological polar surface area (TPSA) is 46.5 Å². The van der Waals surface area contributed by atoms with Crippen LogP contribution in [0.25, 0.3) is 0 Å². The van der Waals surface area contributed by atoms with Gasteiger partial charge in [-0.3, -0.25) is 0 Å². The van der Waals surface area contributed by atoms with Gasteiger partial charge in [0.05, 0.1) is 12.7 Å². The maximum atomic E-state index is 10.6. The van der Waals surface area contributed by atoms with E-state index in [0.717, 1.165) is 0 Å². The van der Waals surface area contributed by atoms with Crippen LogP contribution in [0.3, 0.4) is 0 Å². The standard InChI is InChI=1S/C9H10O3/c1-6-7(9(10)11)4-3-5-8(6)12-2/h3-5H,1-2H3,(H,10,11)/i3+1,4+1,5+1,6+1,7+1,8+1. The summed E-state index contributed by atoms with van der Waals surface area (Å²) in [6.07, 6.45) is 0. The molecule has 0 aliphatic rings. The number of benzene rings is 1. The molecule has 64 valence electrons. The fraction of sp³-hybridized carbons (Fsp3) is 0.222. The summed E-state index contributed by atoms with van der Waals surface area (Å²) in [5.41, 5.74) is 0.946. The van der Waals surface area contributed by atoms with Crippen LogP contribution in [0.4, 0.5) is 0 Å².